The predicted octanol–water partition coefficient (Wildman–Crippen LogP) is 1.63. The summed E-state index contributed by atoms with van der Waals surface area (Å²) < 4.78 is 7.29. The van der Waals surface area contributed by atoms with E-state index in [1.54, 1.807) is 6.20 Å². The molecule has 4 heteroatoms. The molecule has 0 aliphatic heterocycles. The Bertz CT molecular complexity index is 469. The molecule has 0 aliphatic carbocycles. The molecule has 2 aromatic heterocycles. The summed E-state index contributed by atoms with van der Waals surface area (Å²) in [4.78, 5) is 4.15. The number of ether oxygens (including phenoxy) is 1. The Morgan fingerprint density at radius 2 is 2.43 bits per heavy atom. The normalized spacial score (nSPS) is 9.93. The largest absolute Gasteiger partial charge is 0.489 e. The number of nitrogens with zero attached hydrogens (tertiary/aromatic N) is 3. The molecule has 0 saturated heterocycles. The zero-order valence-electron chi connectivity index (χ0n) is 7.55. The highest BCUT2D eigenvalue weighted by Crippen LogP contribution is 2.16. The van der Waals surface area contributed by atoms with Gasteiger partial charge in [0.2, 0.25) is 0 Å². The molecule has 4 nitrogen and oxygen atoms in total. The van der Waals surface area contributed by atoms with Crippen LogP contribution in [0.5, 0.6) is 5.75 Å². The average molecular weight is 187 g/mol. The molecule has 2 aromatic rings. The van der Waals surface area contributed by atoms with Crippen LogP contribution >= 0.6 is 0 Å². The molecule has 0 saturated carbocycles. The van der Waals surface area contributed by atoms with Crippen LogP contribution in [0.4, 0.5) is 0 Å². The Hall–Kier alpha value is -2.02. The van der Waals surface area contributed by atoms with Crippen LogP contribution in [0, 0.1) is 11.3 Å². The van der Waals surface area contributed by atoms with E-state index in [1.807, 2.05) is 35.0 Å². The summed E-state index contributed by atoms with van der Waals surface area (Å²) in [6.07, 6.45) is 5.86. The Kier molecular flexibility index (Phi) is 2.32. The van der Waals surface area contributed by atoms with Gasteiger partial charge >= 0.3 is 0 Å². The molecular weight excluding hydrogens is 178 g/mol. The molecule has 0 aromatic carbocycles. The van der Waals surface area contributed by atoms with E-state index in [0.29, 0.717) is 18.8 Å². The maximum atomic E-state index is 8.37. The first kappa shape index (κ1) is 8.57. The van der Waals surface area contributed by atoms with E-state index in [-0.39, 0.29) is 0 Å². The maximum absolute atomic E-state index is 8.37. The highest BCUT2D eigenvalue weighted by molar-refractivity contribution is 5.53. The monoisotopic (exact) mass is 187 g/mol. The lowest BCUT2D eigenvalue weighted by Crippen LogP contribution is -1.97. The molecule has 0 atom stereocenters. The van der Waals surface area contributed by atoms with Crippen molar-refractivity contribution in [2.45, 2.75) is 6.42 Å². The lowest BCUT2D eigenvalue weighted by molar-refractivity contribution is 0.328. The molecule has 0 unspecified atom stereocenters. The van der Waals surface area contributed by atoms with Gasteiger partial charge in [0.05, 0.1) is 12.5 Å². The molecule has 70 valence electrons. The second-order valence-corrected chi connectivity index (χ2v) is 2.79. The van der Waals surface area contributed by atoms with Crippen LogP contribution in [-0.2, 0) is 0 Å². The number of hydrogen-bond donors (Lipinski definition) is 0. The average Bonchev–Trinajstić information content (AvgIpc) is 2.67. The van der Waals surface area contributed by atoms with E-state index >= 15 is 0 Å². The number of hydrogen-bond acceptors (Lipinski definition) is 3. The summed E-state index contributed by atoms with van der Waals surface area (Å²) in [7, 11) is 0. The number of pyridine rings is 1. The Morgan fingerprint density at radius 1 is 1.50 bits per heavy atom. The minimum atomic E-state index is 0.391. The molecule has 0 aliphatic rings. The van der Waals surface area contributed by atoms with Crippen LogP contribution in [-0.4, -0.2) is 16.0 Å². The van der Waals surface area contributed by atoms with Gasteiger partial charge in [-0.05, 0) is 12.1 Å². The predicted molar refractivity (Wildman–Crippen MR) is 50.9 cm³/mol. The fraction of sp³-hybridized carbons (Fsp3) is 0.200. The van der Waals surface area contributed by atoms with Crippen molar-refractivity contribution in [1.82, 2.24) is 9.38 Å². The van der Waals surface area contributed by atoms with Gasteiger partial charge in [0.15, 0.2) is 11.4 Å². The van der Waals surface area contributed by atoms with Gasteiger partial charge in [0.1, 0.15) is 6.61 Å². The SMILES string of the molecule is N#CCCOc1cccn2ccnc12. The third kappa shape index (κ3) is 1.52. The van der Waals surface area contributed by atoms with Crippen molar-refractivity contribution < 1.29 is 4.74 Å². The summed E-state index contributed by atoms with van der Waals surface area (Å²) in [6.45, 7) is 0.406. The summed E-state index contributed by atoms with van der Waals surface area (Å²) in [6, 6.07) is 5.76. The topological polar surface area (TPSA) is 50.3 Å². The van der Waals surface area contributed by atoms with Crippen LogP contribution in [0.15, 0.2) is 30.7 Å². The molecule has 0 spiro atoms. The van der Waals surface area contributed by atoms with Crippen LogP contribution in [0.1, 0.15) is 6.42 Å². The van der Waals surface area contributed by atoms with Gasteiger partial charge in [-0.2, -0.15) is 5.26 Å². The van der Waals surface area contributed by atoms with Gasteiger partial charge in [-0.25, -0.2) is 4.98 Å². The quantitative estimate of drug-likeness (QED) is 0.686. The molecule has 0 fully saturated rings. The lowest BCUT2D eigenvalue weighted by atomic mass is 10.4. The molecule has 0 radical (unpaired) electrons. The molecule has 0 N–H and O–H groups in total. The van der Waals surface area contributed by atoms with E-state index in [4.69, 9.17) is 10.00 Å². The minimum Gasteiger partial charge on any atom is -0.489 e. The summed E-state index contributed by atoms with van der Waals surface area (Å²) >= 11 is 0. The number of aromatic nitrogens is 2. The molecule has 2 rings (SSSR count). The lowest BCUT2D eigenvalue weighted by Gasteiger charge is -2.04. The third-order valence-electron chi connectivity index (χ3n) is 1.85. The summed E-state index contributed by atoms with van der Waals surface area (Å²) in [5, 5.41) is 8.37. The van der Waals surface area contributed by atoms with Crippen LogP contribution in [0.25, 0.3) is 5.65 Å². The summed E-state index contributed by atoms with van der Waals surface area (Å²) in [5.41, 5.74) is 0.783. The van der Waals surface area contributed by atoms with Crippen molar-refractivity contribution in [3.63, 3.8) is 0 Å². The second-order valence-electron chi connectivity index (χ2n) is 2.79. The van der Waals surface area contributed by atoms with E-state index in [2.05, 4.69) is 4.98 Å². The van der Waals surface area contributed by atoms with Gasteiger partial charge in [0, 0.05) is 18.6 Å². The Morgan fingerprint density at radius 3 is 3.29 bits per heavy atom. The molecule has 0 amide bonds. The third-order valence-corrected chi connectivity index (χ3v) is 1.85. The van der Waals surface area contributed by atoms with Crippen molar-refractivity contribution >= 4 is 5.65 Å². The maximum Gasteiger partial charge on any atom is 0.179 e. The van der Waals surface area contributed by atoms with Gasteiger partial charge in [-0.1, -0.05) is 0 Å². The van der Waals surface area contributed by atoms with E-state index in [9.17, 15) is 0 Å². The smallest absolute Gasteiger partial charge is 0.179 e. The highest BCUT2D eigenvalue weighted by atomic mass is 16.5. The first-order chi connectivity index (χ1) is 6.92. The van der Waals surface area contributed by atoms with E-state index in [0.717, 1.165) is 5.65 Å². The van der Waals surface area contributed by atoms with Crippen molar-refractivity contribution in [3.8, 4) is 11.8 Å². The van der Waals surface area contributed by atoms with Gasteiger partial charge in [-0.3, -0.25) is 0 Å². The van der Waals surface area contributed by atoms with Crippen molar-refractivity contribution in [3.05, 3.63) is 30.7 Å². The Balaban J connectivity index is 2.24. The fourth-order valence-electron chi connectivity index (χ4n) is 1.24. The molecule has 14 heavy (non-hydrogen) atoms. The zero-order chi connectivity index (χ0) is 9.80. The zero-order valence-corrected chi connectivity index (χ0v) is 7.55. The van der Waals surface area contributed by atoms with Crippen LogP contribution in [0.3, 0.4) is 0 Å². The van der Waals surface area contributed by atoms with Crippen molar-refractivity contribution in [2.75, 3.05) is 6.61 Å². The van der Waals surface area contributed by atoms with E-state index < -0.39 is 0 Å². The van der Waals surface area contributed by atoms with E-state index in [1.165, 1.54) is 0 Å². The fourth-order valence-corrected chi connectivity index (χ4v) is 1.24. The Labute approximate surface area is 81.4 Å². The molecular formula is C10H9N3O. The van der Waals surface area contributed by atoms with Crippen LogP contribution in [0.2, 0.25) is 0 Å². The van der Waals surface area contributed by atoms with Gasteiger partial charge in [0.25, 0.3) is 0 Å². The number of rotatable bonds is 3. The highest BCUT2D eigenvalue weighted by Gasteiger charge is 2.01. The molecule has 2 heterocycles. The minimum absolute atomic E-state index is 0.391. The number of fused-ring (bicyclic) bond motifs is 1. The number of imidazole rings is 1. The summed E-state index contributed by atoms with van der Waals surface area (Å²) in [5.74, 6) is 0.716. The van der Waals surface area contributed by atoms with Crippen LogP contribution < -0.4 is 4.74 Å². The van der Waals surface area contributed by atoms with Gasteiger partial charge < -0.3 is 9.14 Å². The second kappa shape index (κ2) is 3.79. The first-order valence-corrected chi connectivity index (χ1v) is 4.33. The van der Waals surface area contributed by atoms with Crippen molar-refractivity contribution in [1.29, 1.82) is 5.26 Å². The van der Waals surface area contributed by atoms with Crippen molar-refractivity contribution in [2.24, 2.45) is 0 Å². The molecule has 0 bridgehead atoms. The standard InChI is InChI=1S/C10H9N3O/c11-4-2-8-14-9-3-1-6-13-7-5-12-10(9)13/h1,3,5-7H,2,8H2. The first-order valence-electron chi connectivity index (χ1n) is 4.33. The number of nitriles is 1. The van der Waals surface area contributed by atoms with Gasteiger partial charge in [-0.15, -0.1) is 0 Å².